The highest BCUT2D eigenvalue weighted by Crippen LogP contribution is 2.54. The maximum Gasteiger partial charge on any atom is 0.135 e. The Hall–Kier alpha value is -6.74. The van der Waals surface area contributed by atoms with Gasteiger partial charge in [-0.2, -0.15) is 0 Å². The lowest BCUT2D eigenvalue weighted by atomic mass is 9.82. The van der Waals surface area contributed by atoms with E-state index in [-0.39, 0.29) is 40.2 Å². The van der Waals surface area contributed by atoms with Crippen LogP contribution in [0.5, 0.6) is 51.7 Å². The van der Waals surface area contributed by atoms with Gasteiger partial charge in [0.25, 0.3) is 0 Å². The quantitative estimate of drug-likeness (QED) is 0.0858. The van der Waals surface area contributed by atoms with Gasteiger partial charge in [0.15, 0.2) is 0 Å². The molecule has 9 heteroatoms. The summed E-state index contributed by atoms with van der Waals surface area (Å²) in [7, 11) is 0. The zero-order valence-corrected chi connectivity index (χ0v) is 26.9. The lowest BCUT2D eigenvalue weighted by Crippen LogP contribution is -2.11. The summed E-state index contributed by atoms with van der Waals surface area (Å²) in [6.45, 7) is 0. The zero-order valence-electron chi connectivity index (χ0n) is 26.9. The van der Waals surface area contributed by atoms with Crippen LogP contribution in [0.1, 0.15) is 68.6 Å². The van der Waals surface area contributed by atoms with E-state index in [0.29, 0.717) is 28.2 Å². The van der Waals surface area contributed by atoms with Crippen LogP contribution in [0.2, 0.25) is 0 Å². The van der Waals surface area contributed by atoms with Gasteiger partial charge in [0.05, 0.1) is 11.8 Å². The van der Waals surface area contributed by atoms with Crippen molar-refractivity contribution < 1.29 is 45.2 Å². The number of fused-ring (bicyclic) bond motifs is 2. The third kappa shape index (κ3) is 5.95. The van der Waals surface area contributed by atoms with E-state index in [9.17, 15) is 35.7 Å². The van der Waals surface area contributed by atoms with Gasteiger partial charge in [-0.25, -0.2) is 0 Å². The highest BCUT2D eigenvalue weighted by molar-refractivity contribution is 5.76. The fourth-order valence-corrected chi connectivity index (χ4v) is 7.27. The van der Waals surface area contributed by atoms with Crippen molar-refractivity contribution in [3.63, 3.8) is 0 Å². The first-order valence-electron chi connectivity index (χ1n) is 16.3. The minimum Gasteiger partial charge on any atom is -0.508 e. The Kier molecular flexibility index (Phi) is 7.60. The molecule has 6 aromatic rings. The Balaban J connectivity index is 1.21. The first kappa shape index (κ1) is 31.5. The molecule has 51 heavy (non-hydrogen) atoms. The van der Waals surface area contributed by atoms with Crippen LogP contribution in [0.4, 0.5) is 0 Å². The van der Waals surface area contributed by atoms with Gasteiger partial charge in [-0.1, -0.05) is 42.5 Å². The average Bonchev–Trinajstić information content (AvgIpc) is 3.66. The molecule has 0 saturated heterocycles. The highest BCUT2D eigenvalue weighted by Gasteiger charge is 2.40. The molecule has 2 aliphatic rings. The van der Waals surface area contributed by atoms with Crippen LogP contribution in [0.3, 0.4) is 0 Å². The molecule has 0 spiro atoms. The molecule has 9 nitrogen and oxygen atoms in total. The monoisotopic (exact) mass is 680 g/mol. The number of aromatic hydroxyl groups is 7. The van der Waals surface area contributed by atoms with Crippen LogP contribution in [0.25, 0.3) is 12.2 Å². The van der Waals surface area contributed by atoms with Gasteiger partial charge in [0.1, 0.15) is 64.0 Å². The van der Waals surface area contributed by atoms with Crippen molar-refractivity contribution in [2.75, 3.05) is 0 Å². The van der Waals surface area contributed by atoms with E-state index >= 15 is 0 Å². The van der Waals surface area contributed by atoms with Crippen molar-refractivity contribution in [3.05, 3.63) is 160 Å². The highest BCUT2D eigenvalue weighted by atomic mass is 16.5. The van der Waals surface area contributed by atoms with E-state index in [1.165, 1.54) is 18.2 Å². The van der Waals surface area contributed by atoms with Gasteiger partial charge in [0, 0.05) is 29.3 Å². The molecule has 0 aromatic heterocycles. The molecule has 254 valence electrons. The third-order valence-electron chi connectivity index (χ3n) is 9.42. The topological polar surface area (TPSA) is 160 Å². The molecular formula is C42H32O9. The maximum absolute atomic E-state index is 10.8. The van der Waals surface area contributed by atoms with Crippen molar-refractivity contribution in [2.24, 2.45) is 0 Å². The number of ether oxygens (including phenoxy) is 2. The number of hydrogen-bond acceptors (Lipinski definition) is 9. The lowest BCUT2D eigenvalue weighted by Gasteiger charge is -2.21. The summed E-state index contributed by atoms with van der Waals surface area (Å²) in [4.78, 5) is 0. The summed E-state index contributed by atoms with van der Waals surface area (Å²) in [5.74, 6) is -0.0483. The van der Waals surface area contributed by atoms with Gasteiger partial charge in [0.2, 0.25) is 0 Å². The second-order valence-corrected chi connectivity index (χ2v) is 12.9. The standard InChI is InChI=1S/C42H32O9/c43-28-8-4-23(5-9-28)41-38(26-15-30(45)19-31(46)16-26)35-13-22(2-12-36(35)50-41)1-3-25-14-34(49)21-37-39(25)40(27-17-32(47)20-33(48)18-27)42(51-37)24-6-10-29(44)11-7-24/h1-21,38,40-49H/b3-1+. The third-order valence-corrected chi connectivity index (χ3v) is 9.42. The number of phenols is 7. The SMILES string of the molecule is Oc1ccc(C2Oc3ccc(/C=C/c4cc(O)cc5c4C(c4cc(O)cc(O)c4)C(c4ccc(O)cc4)O5)cc3C2c2cc(O)cc(O)c2)cc1. The zero-order chi connectivity index (χ0) is 35.4. The van der Waals surface area contributed by atoms with Crippen LogP contribution in [-0.2, 0) is 0 Å². The smallest absolute Gasteiger partial charge is 0.135 e. The summed E-state index contributed by atoms with van der Waals surface area (Å²) in [5.41, 5.74) is 5.79. The van der Waals surface area contributed by atoms with Crippen molar-refractivity contribution in [3.8, 4) is 51.7 Å². The fourth-order valence-electron chi connectivity index (χ4n) is 7.27. The average molecular weight is 681 g/mol. The Morgan fingerprint density at radius 2 is 0.882 bits per heavy atom. The minimum atomic E-state index is -0.607. The van der Waals surface area contributed by atoms with Crippen LogP contribution >= 0.6 is 0 Å². The Morgan fingerprint density at radius 1 is 0.392 bits per heavy atom. The molecule has 2 aliphatic heterocycles. The minimum absolute atomic E-state index is 0.0138. The molecule has 7 N–H and O–H groups in total. The lowest BCUT2D eigenvalue weighted by molar-refractivity contribution is 0.221. The predicted molar refractivity (Wildman–Crippen MR) is 190 cm³/mol. The molecule has 4 unspecified atom stereocenters. The molecule has 0 saturated carbocycles. The molecule has 6 aromatic carbocycles. The van der Waals surface area contributed by atoms with Gasteiger partial charge >= 0.3 is 0 Å². The van der Waals surface area contributed by atoms with Crippen LogP contribution in [-0.4, -0.2) is 35.7 Å². The summed E-state index contributed by atoms with van der Waals surface area (Å²) < 4.78 is 12.9. The Bertz CT molecular complexity index is 2270. The van der Waals surface area contributed by atoms with E-state index < -0.39 is 24.0 Å². The van der Waals surface area contributed by atoms with Crippen LogP contribution in [0.15, 0.2) is 115 Å². The van der Waals surface area contributed by atoms with Crippen LogP contribution < -0.4 is 9.47 Å². The first-order chi connectivity index (χ1) is 24.6. The summed E-state index contributed by atoms with van der Waals surface area (Å²) in [5, 5.41) is 72.3. The second-order valence-electron chi connectivity index (χ2n) is 12.9. The number of hydrogen-bond donors (Lipinski definition) is 7. The molecule has 0 radical (unpaired) electrons. The molecule has 0 amide bonds. The molecule has 0 bridgehead atoms. The van der Waals surface area contributed by atoms with Gasteiger partial charge in [-0.15, -0.1) is 0 Å². The predicted octanol–water partition coefficient (Wildman–Crippen LogP) is 8.33. The summed E-state index contributed by atoms with van der Waals surface area (Å²) in [6.07, 6.45) is 2.64. The number of phenolic OH excluding ortho intramolecular Hbond substituents is 7. The Labute approximate surface area is 292 Å². The van der Waals surface area contributed by atoms with Gasteiger partial charge < -0.3 is 45.2 Å². The van der Waals surface area contributed by atoms with Gasteiger partial charge in [-0.05, 0) is 100 Å². The Morgan fingerprint density at radius 3 is 1.45 bits per heavy atom. The van der Waals surface area contributed by atoms with E-state index in [0.717, 1.165) is 27.8 Å². The first-order valence-corrected chi connectivity index (χ1v) is 16.3. The van der Waals surface area contributed by atoms with E-state index in [1.807, 2.05) is 30.4 Å². The molecule has 0 fully saturated rings. The largest absolute Gasteiger partial charge is 0.508 e. The molecule has 0 aliphatic carbocycles. The molecule has 2 heterocycles. The van der Waals surface area contributed by atoms with Crippen molar-refractivity contribution in [1.82, 2.24) is 0 Å². The van der Waals surface area contributed by atoms with Crippen molar-refractivity contribution in [2.45, 2.75) is 24.0 Å². The van der Waals surface area contributed by atoms with Crippen molar-refractivity contribution >= 4 is 12.2 Å². The van der Waals surface area contributed by atoms with Crippen LogP contribution in [0, 0.1) is 0 Å². The van der Waals surface area contributed by atoms with E-state index in [4.69, 9.17) is 9.47 Å². The number of benzene rings is 6. The number of rotatable bonds is 6. The van der Waals surface area contributed by atoms with E-state index in [2.05, 4.69) is 0 Å². The normalized spacial score (nSPS) is 19.0. The van der Waals surface area contributed by atoms with Crippen molar-refractivity contribution in [1.29, 1.82) is 0 Å². The van der Waals surface area contributed by atoms with Gasteiger partial charge in [-0.3, -0.25) is 0 Å². The second kappa shape index (κ2) is 12.3. The molecule has 8 rings (SSSR count). The maximum atomic E-state index is 10.8. The fraction of sp³-hybridized carbons (Fsp3) is 0.0952. The molecular weight excluding hydrogens is 648 g/mol. The molecule has 4 atom stereocenters. The summed E-state index contributed by atoms with van der Waals surface area (Å²) in [6, 6.07) is 31.1. The van der Waals surface area contributed by atoms with E-state index in [1.54, 1.807) is 78.9 Å². The summed E-state index contributed by atoms with van der Waals surface area (Å²) >= 11 is 0.